The number of halogens is 3. The van der Waals surface area contributed by atoms with Gasteiger partial charge in [0.25, 0.3) is 8.32 Å². The smallest absolute Gasteiger partial charge is 0.429 e. The Kier molecular flexibility index (Phi) is 11.9. The van der Waals surface area contributed by atoms with E-state index in [1.165, 1.54) is 0 Å². The van der Waals surface area contributed by atoms with Gasteiger partial charge in [-0.2, -0.15) is 0 Å². The molecular weight excluding hydrogens is 549 g/mol. The molecule has 0 radical (unpaired) electrons. The lowest BCUT2D eigenvalue weighted by Gasteiger charge is -2.50. The van der Waals surface area contributed by atoms with Crippen LogP contribution in [0.5, 0.6) is 0 Å². The van der Waals surface area contributed by atoms with E-state index < -0.39 is 18.2 Å². The molecule has 0 spiro atoms. The van der Waals surface area contributed by atoms with Gasteiger partial charge in [-0.3, -0.25) is 5.01 Å². The molecule has 0 saturated carbocycles. The zero-order chi connectivity index (χ0) is 28.0. The molecule has 37 heavy (non-hydrogen) atoms. The second kappa shape index (κ2) is 13.8. The molecule has 6 nitrogen and oxygen atoms in total. The third-order valence-corrected chi connectivity index (χ3v) is 13.5. The second-order valence-corrected chi connectivity index (χ2v) is 18.7. The van der Waals surface area contributed by atoms with E-state index in [0.29, 0.717) is 22.4 Å². The van der Waals surface area contributed by atoms with Crippen LogP contribution in [-0.2, 0) is 9.16 Å². The number of hydrazine groups is 1. The van der Waals surface area contributed by atoms with Crippen LogP contribution in [0.3, 0.4) is 0 Å². The first kappa shape index (κ1) is 32.1. The molecule has 2 rings (SSSR count). The molecule has 0 N–H and O–H groups in total. The number of aromatic nitrogens is 1. The summed E-state index contributed by atoms with van der Waals surface area (Å²) in [4.78, 5) is 18.1. The van der Waals surface area contributed by atoms with Gasteiger partial charge in [0.1, 0.15) is 24.2 Å². The Bertz CT molecular complexity index is 872. The maximum atomic E-state index is 13.5. The van der Waals surface area contributed by atoms with E-state index in [1.54, 1.807) is 11.2 Å². The number of nitrogens with zero attached hydrogens (tertiary/aromatic N) is 3. The number of hydrogen-bond donors (Lipinski definition) is 0. The van der Waals surface area contributed by atoms with Crippen LogP contribution >= 0.6 is 34.8 Å². The van der Waals surface area contributed by atoms with Gasteiger partial charge in [-0.05, 0) is 48.2 Å². The maximum Gasteiger partial charge on any atom is 0.429 e. The molecule has 0 unspecified atom stereocenters. The van der Waals surface area contributed by atoms with Gasteiger partial charge in [0, 0.05) is 6.20 Å². The van der Waals surface area contributed by atoms with Crippen LogP contribution in [0.2, 0.25) is 16.6 Å². The predicted octanol–water partition coefficient (Wildman–Crippen LogP) is 9.04. The van der Waals surface area contributed by atoms with Crippen LogP contribution in [-0.4, -0.2) is 46.9 Å². The van der Waals surface area contributed by atoms with Gasteiger partial charge >= 0.3 is 6.09 Å². The van der Waals surface area contributed by atoms with Crippen molar-refractivity contribution in [3.05, 3.63) is 36.2 Å². The Labute approximate surface area is 239 Å². The highest BCUT2D eigenvalue weighted by Gasteiger charge is 2.50. The molecule has 1 aromatic heterocycles. The number of pyridine rings is 1. The van der Waals surface area contributed by atoms with Crippen molar-refractivity contribution in [1.29, 1.82) is 0 Å². The van der Waals surface area contributed by atoms with Gasteiger partial charge in [0.15, 0.2) is 0 Å². The summed E-state index contributed by atoms with van der Waals surface area (Å²) in [5, 5.41) is 3.50. The summed E-state index contributed by atoms with van der Waals surface area (Å²) in [6.45, 7) is 17.5. The first-order valence-corrected chi connectivity index (χ1v) is 16.7. The quantitative estimate of drug-likeness (QED) is 0.146. The van der Waals surface area contributed by atoms with Crippen LogP contribution in [0.15, 0.2) is 36.2 Å². The molecule has 1 aromatic rings. The Hall–Kier alpha value is -1.15. The monoisotopic (exact) mass is 591 g/mol. The first-order valence-electron chi connectivity index (χ1n) is 13.4. The Balaban J connectivity index is 2.63. The van der Waals surface area contributed by atoms with Gasteiger partial charge in [-0.15, -0.1) is 0 Å². The number of ether oxygens (including phenoxy) is 1. The molecule has 1 amide bonds. The number of alkyl halides is 3. The summed E-state index contributed by atoms with van der Waals surface area (Å²) in [7, 11) is -2.25. The summed E-state index contributed by atoms with van der Waals surface area (Å²) in [5.41, 5.74) is 1.24. The normalized spacial score (nSPS) is 19.0. The second-order valence-electron chi connectivity index (χ2n) is 10.8. The van der Waals surface area contributed by atoms with Crippen LogP contribution in [0.4, 0.5) is 10.6 Å². The van der Waals surface area contributed by atoms with Crippen molar-refractivity contribution in [2.45, 2.75) is 114 Å². The number of carbonyl (C=O) groups excluding carboxylic acids is 1. The Morgan fingerprint density at radius 2 is 1.70 bits per heavy atom. The molecule has 210 valence electrons. The minimum Gasteiger partial charge on any atom is -0.544 e. The average molecular weight is 593 g/mol. The summed E-state index contributed by atoms with van der Waals surface area (Å²) < 4.78 is 11.0. The first-order chi connectivity index (χ1) is 17.3. The highest BCUT2D eigenvalue weighted by atomic mass is 35.6. The average Bonchev–Trinajstić information content (AvgIpc) is 2.81. The molecule has 1 aliphatic rings. The largest absolute Gasteiger partial charge is 0.544 e. The summed E-state index contributed by atoms with van der Waals surface area (Å²) in [5.74, 6) is 1.52. The van der Waals surface area contributed by atoms with E-state index in [4.69, 9.17) is 44.0 Å². The third-order valence-electron chi connectivity index (χ3n) is 7.22. The number of hydrogen-bond acceptors (Lipinski definition) is 5. The molecule has 0 bridgehead atoms. The molecular formula is C27H44Cl3N3O3Si. The number of rotatable bonds is 11. The summed E-state index contributed by atoms with van der Waals surface area (Å²) in [6, 6.07) is 5.06. The number of unbranched alkanes of at least 4 members (excludes halogenated alkanes) is 2. The Morgan fingerprint density at radius 1 is 1.08 bits per heavy atom. The van der Waals surface area contributed by atoms with Crippen molar-refractivity contribution in [3.8, 4) is 0 Å². The van der Waals surface area contributed by atoms with Crippen LogP contribution in [0.25, 0.3) is 0 Å². The van der Waals surface area contributed by atoms with Gasteiger partial charge in [0.2, 0.25) is 3.79 Å². The van der Waals surface area contributed by atoms with E-state index in [2.05, 4.69) is 59.5 Å². The lowest BCUT2D eigenvalue weighted by molar-refractivity contribution is 0.0757. The molecule has 10 heteroatoms. The van der Waals surface area contributed by atoms with Gasteiger partial charge in [-0.25, -0.2) is 14.8 Å². The standard InChI is InChI=1S/C27H44Cl3N3O3Si/c1-9-10-11-14-23-17-24(36-37(19(2)3,20(4)5)21(6)7)22(8)32(25-15-12-13-16-31-25)33(23)26(34)35-18-27(28,29)30/h12-13,15-17,19-23H,9-11,14,18H2,1-8H3/t22-,23+/m0/s1. The fourth-order valence-electron chi connectivity index (χ4n) is 5.58. The van der Waals surface area contributed by atoms with Crippen molar-refractivity contribution in [1.82, 2.24) is 9.99 Å². The van der Waals surface area contributed by atoms with Gasteiger partial charge < -0.3 is 9.16 Å². The van der Waals surface area contributed by atoms with Crippen molar-refractivity contribution in [2.75, 3.05) is 11.6 Å². The SMILES string of the molecule is CCCCC[C@@H]1C=C(O[Si](C(C)C)(C(C)C)C(C)C)[C@H](C)N(c2ccccn2)N1C(=O)OCC(Cl)(Cl)Cl. The number of carbonyl (C=O) groups is 1. The highest BCUT2D eigenvalue weighted by Crippen LogP contribution is 2.45. The van der Waals surface area contributed by atoms with E-state index in [9.17, 15) is 4.79 Å². The van der Waals surface area contributed by atoms with E-state index in [0.717, 1.165) is 31.4 Å². The van der Waals surface area contributed by atoms with Gasteiger partial charge in [0.05, 0.1) is 6.04 Å². The lowest BCUT2D eigenvalue weighted by atomic mass is 10.0. The van der Waals surface area contributed by atoms with E-state index >= 15 is 0 Å². The minimum absolute atomic E-state index is 0.291. The molecule has 0 aliphatic carbocycles. The fraction of sp³-hybridized carbons (Fsp3) is 0.704. The van der Waals surface area contributed by atoms with E-state index in [1.807, 2.05) is 30.1 Å². The molecule has 2 heterocycles. The third kappa shape index (κ3) is 7.93. The molecule has 1 aliphatic heterocycles. The molecule has 0 fully saturated rings. The highest BCUT2D eigenvalue weighted by molar-refractivity contribution is 6.77. The van der Waals surface area contributed by atoms with Crippen molar-refractivity contribution >= 4 is 55.0 Å². The Morgan fingerprint density at radius 3 is 2.19 bits per heavy atom. The lowest BCUT2D eigenvalue weighted by Crippen LogP contribution is -2.61. The summed E-state index contributed by atoms with van der Waals surface area (Å²) >= 11 is 17.7. The summed E-state index contributed by atoms with van der Waals surface area (Å²) in [6.07, 6.45) is 7.07. The zero-order valence-corrected chi connectivity index (χ0v) is 26.8. The fourth-order valence-corrected chi connectivity index (χ4v) is 11.1. The number of amides is 1. The molecule has 2 atom stereocenters. The maximum absolute atomic E-state index is 13.5. The van der Waals surface area contributed by atoms with Crippen molar-refractivity contribution < 1.29 is 14.0 Å². The van der Waals surface area contributed by atoms with Gasteiger partial charge in [-0.1, -0.05) is 109 Å². The number of anilines is 1. The minimum atomic E-state index is -2.25. The molecule has 0 saturated heterocycles. The van der Waals surface area contributed by atoms with Crippen LogP contribution in [0, 0.1) is 0 Å². The van der Waals surface area contributed by atoms with Crippen LogP contribution in [0.1, 0.15) is 81.1 Å². The predicted molar refractivity (Wildman–Crippen MR) is 158 cm³/mol. The van der Waals surface area contributed by atoms with Crippen LogP contribution < -0.4 is 5.01 Å². The topological polar surface area (TPSA) is 54.9 Å². The van der Waals surface area contributed by atoms with Crippen molar-refractivity contribution in [3.63, 3.8) is 0 Å². The zero-order valence-electron chi connectivity index (χ0n) is 23.5. The van der Waals surface area contributed by atoms with E-state index in [-0.39, 0.29) is 18.7 Å². The van der Waals surface area contributed by atoms with Crippen molar-refractivity contribution in [2.24, 2.45) is 0 Å². The molecule has 0 aromatic carbocycles.